The van der Waals surface area contributed by atoms with Gasteiger partial charge in [0.2, 0.25) is 5.91 Å². The van der Waals surface area contributed by atoms with Crippen molar-refractivity contribution < 1.29 is 9.21 Å². The highest BCUT2D eigenvalue weighted by molar-refractivity contribution is 5.82. The fraction of sp³-hybridized carbons (Fsp3) is 0.562. The number of furan rings is 1. The maximum atomic E-state index is 12.6. The minimum atomic E-state index is 0.0743. The average Bonchev–Trinajstić information content (AvgIpc) is 2.96. The second-order valence-electron chi connectivity index (χ2n) is 6.50. The Morgan fingerprint density at radius 2 is 2.23 bits per heavy atom. The lowest BCUT2D eigenvalue weighted by Gasteiger charge is -2.28. The molecular formula is C16H20N4O2. The van der Waals surface area contributed by atoms with Crippen LogP contribution < -0.4 is 0 Å². The molecule has 1 saturated carbocycles. The predicted molar refractivity (Wildman–Crippen MR) is 79.1 cm³/mol. The van der Waals surface area contributed by atoms with Crippen molar-refractivity contribution >= 4 is 5.91 Å². The van der Waals surface area contributed by atoms with Gasteiger partial charge in [-0.1, -0.05) is 13.8 Å². The summed E-state index contributed by atoms with van der Waals surface area (Å²) in [5, 5.41) is 8.53. The average molecular weight is 300 g/mol. The van der Waals surface area contributed by atoms with Gasteiger partial charge in [-0.15, -0.1) is 10.2 Å². The third-order valence-electron chi connectivity index (χ3n) is 4.63. The highest BCUT2D eigenvalue weighted by Gasteiger charge is 2.48. The molecular weight excluding hydrogens is 280 g/mol. The molecule has 1 aliphatic carbocycles. The SMILES string of the molecule is CC(C)c1nnc2n1CCN(C(=O)[C@H]1C[C@H]1c1ccco1)C2. The Bertz CT molecular complexity index is 689. The molecule has 0 aromatic carbocycles. The van der Waals surface area contributed by atoms with Gasteiger partial charge in [0.25, 0.3) is 0 Å². The third kappa shape index (κ3) is 2.14. The molecule has 0 spiro atoms. The number of rotatable bonds is 3. The summed E-state index contributed by atoms with van der Waals surface area (Å²) in [5.74, 6) is 3.76. The Balaban J connectivity index is 1.46. The van der Waals surface area contributed by atoms with E-state index in [9.17, 15) is 4.79 Å². The molecule has 3 heterocycles. The summed E-state index contributed by atoms with van der Waals surface area (Å²) in [5.41, 5.74) is 0. The smallest absolute Gasteiger partial charge is 0.226 e. The molecule has 1 aliphatic heterocycles. The van der Waals surface area contributed by atoms with Gasteiger partial charge in [0.05, 0.1) is 12.8 Å². The Labute approximate surface area is 129 Å². The van der Waals surface area contributed by atoms with Crippen LogP contribution in [-0.2, 0) is 17.9 Å². The van der Waals surface area contributed by atoms with Gasteiger partial charge in [0, 0.05) is 30.8 Å². The Morgan fingerprint density at radius 3 is 2.95 bits per heavy atom. The van der Waals surface area contributed by atoms with Crippen molar-refractivity contribution in [2.75, 3.05) is 6.54 Å². The Kier molecular flexibility index (Phi) is 3.06. The fourth-order valence-corrected chi connectivity index (χ4v) is 3.31. The zero-order chi connectivity index (χ0) is 15.3. The lowest BCUT2D eigenvalue weighted by Crippen LogP contribution is -2.39. The van der Waals surface area contributed by atoms with Crippen LogP contribution in [0.3, 0.4) is 0 Å². The summed E-state index contributed by atoms with van der Waals surface area (Å²) in [6, 6.07) is 3.84. The highest BCUT2D eigenvalue weighted by atomic mass is 16.3. The van der Waals surface area contributed by atoms with Gasteiger partial charge in [-0.05, 0) is 18.6 Å². The minimum Gasteiger partial charge on any atom is -0.469 e. The summed E-state index contributed by atoms with van der Waals surface area (Å²) in [4.78, 5) is 14.6. The standard InChI is InChI=1S/C16H20N4O2/c1-10(2)15-18-17-14-9-19(5-6-20(14)15)16(21)12-8-11(12)13-4-3-7-22-13/h3-4,7,10-12H,5-6,8-9H2,1-2H3/t11-,12+/m1/s1. The molecule has 6 heteroatoms. The van der Waals surface area contributed by atoms with Crippen LogP contribution in [-0.4, -0.2) is 32.1 Å². The van der Waals surface area contributed by atoms with E-state index in [4.69, 9.17) is 4.42 Å². The van der Waals surface area contributed by atoms with E-state index < -0.39 is 0 Å². The van der Waals surface area contributed by atoms with E-state index in [0.717, 1.165) is 36.9 Å². The molecule has 0 N–H and O–H groups in total. The van der Waals surface area contributed by atoms with E-state index in [-0.39, 0.29) is 17.7 Å². The lowest BCUT2D eigenvalue weighted by molar-refractivity contribution is -0.134. The first-order valence-electron chi connectivity index (χ1n) is 7.89. The highest BCUT2D eigenvalue weighted by Crippen LogP contribution is 2.48. The molecule has 0 unspecified atom stereocenters. The van der Waals surface area contributed by atoms with Gasteiger partial charge in [-0.2, -0.15) is 0 Å². The van der Waals surface area contributed by atoms with E-state index in [1.807, 2.05) is 17.0 Å². The molecule has 0 radical (unpaired) electrons. The molecule has 2 aromatic rings. The van der Waals surface area contributed by atoms with E-state index >= 15 is 0 Å². The quantitative estimate of drug-likeness (QED) is 0.871. The largest absolute Gasteiger partial charge is 0.469 e. The molecule has 1 fully saturated rings. The van der Waals surface area contributed by atoms with E-state index in [2.05, 4.69) is 28.6 Å². The summed E-state index contributed by atoms with van der Waals surface area (Å²) >= 11 is 0. The zero-order valence-electron chi connectivity index (χ0n) is 12.9. The second kappa shape index (κ2) is 4.97. The molecule has 0 saturated heterocycles. The van der Waals surface area contributed by atoms with Crippen molar-refractivity contribution in [1.29, 1.82) is 0 Å². The van der Waals surface area contributed by atoms with Gasteiger partial charge in [-0.25, -0.2) is 0 Å². The van der Waals surface area contributed by atoms with Crippen LogP contribution >= 0.6 is 0 Å². The maximum absolute atomic E-state index is 12.6. The van der Waals surface area contributed by atoms with Crippen LogP contribution in [0, 0.1) is 5.92 Å². The van der Waals surface area contributed by atoms with Gasteiger partial charge in [0.15, 0.2) is 5.82 Å². The van der Waals surface area contributed by atoms with Crippen LogP contribution in [0.5, 0.6) is 0 Å². The molecule has 2 atom stereocenters. The van der Waals surface area contributed by atoms with Crippen molar-refractivity contribution in [3.05, 3.63) is 35.8 Å². The summed E-state index contributed by atoms with van der Waals surface area (Å²) < 4.78 is 7.57. The van der Waals surface area contributed by atoms with Crippen LogP contribution in [0.2, 0.25) is 0 Å². The van der Waals surface area contributed by atoms with Gasteiger partial charge < -0.3 is 13.9 Å². The molecule has 6 nitrogen and oxygen atoms in total. The molecule has 2 aromatic heterocycles. The molecule has 4 rings (SSSR count). The molecule has 2 aliphatic rings. The number of aromatic nitrogens is 3. The van der Waals surface area contributed by atoms with Crippen molar-refractivity contribution in [2.24, 2.45) is 5.92 Å². The van der Waals surface area contributed by atoms with E-state index in [1.165, 1.54) is 0 Å². The lowest BCUT2D eigenvalue weighted by atomic mass is 10.2. The van der Waals surface area contributed by atoms with Gasteiger partial charge in [0.1, 0.15) is 11.6 Å². The first-order chi connectivity index (χ1) is 10.6. The first-order valence-corrected chi connectivity index (χ1v) is 7.89. The predicted octanol–water partition coefficient (Wildman–Crippen LogP) is 2.14. The molecule has 116 valence electrons. The van der Waals surface area contributed by atoms with Gasteiger partial charge in [-0.3, -0.25) is 4.79 Å². The van der Waals surface area contributed by atoms with Crippen molar-refractivity contribution in [2.45, 2.75) is 45.2 Å². The number of hydrogen-bond acceptors (Lipinski definition) is 4. The summed E-state index contributed by atoms with van der Waals surface area (Å²) in [7, 11) is 0. The molecule has 0 bridgehead atoms. The second-order valence-corrected chi connectivity index (χ2v) is 6.50. The summed E-state index contributed by atoms with van der Waals surface area (Å²) in [6.45, 7) is 6.34. The first kappa shape index (κ1) is 13.5. The van der Waals surface area contributed by atoms with Gasteiger partial charge >= 0.3 is 0 Å². The van der Waals surface area contributed by atoms with Crippen molar-refractivity contribution in [3.8, 4) is 0 Å². The normalized spacial score (nSPS) is 23.7. The number of fused-ring (bicyclic) bond motifs is 1. The number of hydrogen-bond donors (Lipinski definition) is 0. The van der Waals surface area contributed by atoms with Crippen molar-refractivity contribution in [1.82, 2.24) is 19.7 Å². The number of amides is 1. The molecule has 22 heavy (non-hydrogen) atoms. The monoisotopic (exact) mass is 300 g/mol. The number of carbonyl (C=O) groups excluding carboxylic acids is 1. The summed E-state index contributed by atoms with van der Waals surface area (Å²) in [6.07, 6.45) is 2.57. The fourth-order valence-electron chi connectivity index (χ4n) is 3.31. The Hall–Kier alpha value is -2.11. The maximum Gasteiger partial charge on any atom is 0.226 e. The molecule has 1 amide bonds. The van der Waals surface area contributed by atoms with Crippen LogP contribution in [0.25, 0.3) is 0 Å². The third-order valence-corrected chi connectivity index (χ3v) is 4.63. The van der Waals surface area contributed by atoms with Crippen molar-refractivity contribution in [3.63, 3.8) is 0 Å². The minimum absolute atomic E-state index is 0.0743. The number of carbonyl (C=O) groups is 1. The topological polar surface area (TPSA) is 64.2 Å². The van der Waals surface area contributed by atoms with Crippen LogP contribution in [0.4, 0.5) is 0 Å². The van der Waals surface area contributed by atoms with E-state index in [0.29, 0.717) is 12.5 Å². The van der Waals surface area contributed by atoms with Crippen LogP contribution in [0.15, 0.2) is 22.8 Å². The number of nitrogens with zero attached hydrogens (tertiary/aromatic N) is 4. The zero-order valence-corrected chi connectivity index (χ0v) is 12.9. The Morgan fingerprint density at radius 1 is 1.36 bits per heavy atom. The van der Waals surface area contributed by atoms with Crippen LogP contribution in [0.1, 0.15) is 49.5 Å². The van der Waals surface area contributed by atoms with E-state index in [1.54, 1.807) is 6.26 Å².